The molecule has 1 fully saturated rings. The first kappa shape index (κ1) is 16.4. The van der Waals surface area contributed by atoms with E-state index in [2.05, 4.69) is 17.7 Å². The van der Waals surface area contributed by atoms with E-state index in [1.165, 1.54) is 45.6 Å². The Hall–Kier alpha value is -0.990. The van der Waals surface area contributed by atoms with Crippen molar-refractivity contribution in [3.8, 4) is 0 Å². The van der Waals surface area contributed by atoms with E-state index in [1.54, 1.807) is 5.57 Å². The van der Waals surface area contributed by atoms with Crippen molar-refractivity contribution >= 4 is 6.16 Å². The minimum Gasteiger partial charge on any atom is -0.438 e. The van der Waals surface area contributed by atoms with Crippen molar-refractivity contribution in [1.29, 1.82) is 0 Å². The van der Waals surface area contributed by atoms with E-state index in [9.17, 15) is 4.79 Å². The lowest BCUT2D eigenvalue weighted by atomic mass is 9.73. The van der Waals surface area contributed by atoms with Crippen LogP contribution in [0, 0.1) is 11.8 Å². The molecular formula is C18H30O3. The standard InChI is InChI=1S/C18H30O3/c1-4-5-14-6-8-15(9-7-14)16-10-12-18(2,13-11-16)21-17(19)20-3/h10,14-15H,4-9,11-13H2,1-3H3. The van der Waals surface area contributed by atoms with Crippen LogP contribution in [0.4, 0.5) is 4.79 Å². The molecule has 120 valence electrons. The average Bonchev–Trinajstić information content (AvgIpc) is 2.49. The first-order valence-corrected chi connectivity index (χ1v) is 8.52. The molecule has 1 saturated carbocycles. The molecule has 0 aromatic carbocycles. The normalized spacial score (nSPS) is 33.2. The van der Waals surface area contributed by atoms with Gasteiger partial charge in [0.15, 0.2) is 0 Å². The molecule has 0 aromatic heterocycles. The second-order valence-electron chi connectivity index (χ2n) is 7.00. The van der Waals surface area contributed by atoms with Gasteiger partial charge in [-0.3, -0.25) is 0 Å². The van der Waals surface area contributed by atoms with Crippen molar-refractivity contribution in [3.05, 3.63) is 11.6 Å². The number of carbonyl (C=O) groups excluding carboxylic acids is 1. The Morgan fingerprint density at radius 2 is 2.05 bits per heavy atom. The zero-order chi connectivity index (χ0) is 15.3. The van der Waals surface area contributed by atoms with Crippen molar-refractivity contribution in [2.45, 2.75) is 77.2 Å². The van der Waals surface area contributed by atoms with E-state index >= 15 is 0 Å². The summed E-state index contributed by atoms with van der Waals surface area (Å²) in [6.45, 7) is 4.30. The number of methoxy groups -OCH3 is 1. The fourth-order valence-electron chi connectivity index (χ4n) is 3.90. The van der Waals surface area contributed by atoms with Gasteiger partial charge in [0.05, 0.1) is 7.11 Å². The Balaban J connectivity index is 1.84. The molecule has 0 radical (unpaired) electrons. The lowest BCUT2D eigenvalue weighted by Gasteiger charge is -2.36. The van der Waals surface area contributed by atoms with Crippen LogP contribution in [-0.4, -0.2) is 18.9 Å². The van der Waals surface area contributed by atoms with E-state index in [0.717, 1.165) is 31.1 Å². The molecule has 3 nitrogen and oxygen atoms in total. The molecule has 0 heterocycles. The van der Waals surface area contributed by atoms with Crippen molar-refractivity contribution < 1.29 is 14.3 Å². The quantitative estimate of drug-likeness (QED) is 0.525. The average molecular weight is 294 g/mol. The SMILES string of the molecule is CCCC1CCC(C2=CCC(C)(OC(=O)OC)CC2)CC1. The lowest BCUT2D eigenvalue weighted by Crippen LogP contribution is -2.34. The molecule has 3 heteroatoms. The molecule has 0 bridgehead atoms. The minimum atomic E-state index is -0.561. The molecule has 21 heavy (non-hydrogen) atoms. The van der Waals surface area contributed by atoms with Gasteiger partial charge in [-0.25, -0.2) is 4.79 Å². The van der Waals surface area contributed by atoms with Gasteiger partial charge in [0.1, 0.15) is 5.60 Å². The van der Waals surface area contributed by atoms with Crippen molar-refractivity contribution in [1.82, 2.24) is 0 Å². The van der Waals surface area contributed by atoms with Crippen LogP contribution in [0.15, 0.2) is 11.6 Å². The van der Waals surface area contributed by atoms with E-state index in [0.29, 0.717) is 0 Å². The molecule has 0 aliphatic heterocycles. The first-order valence-electron chi connectivity index (χ1n) is 8.52. The molecule has 1 unspecified atom stereocenters. The minimum absolute atomic E-state index is 0.379. The van der Waals surface area contributed by atoms with Crippen LogP contribution in [0.3, 0.4) is 0 Å². The van der Waals surface area contributed by atoms with Crippen LogP contribution in [-0.2, 0) is 9.47 Å². The van der Waals surface area contributed by atoms with E-state index < -0.39 is 6.16 Å². The summed E-state index contributed by atoms with van der Waals surface area (Å²) in [4.78, 5) is 11.3. The van der Waals surface area contributed by atoms with Gasteiger partial charge in [-0.1, -0.05) is 31.4 Å². The fraction of sp³-hybridized carbons (Fsp3) is 0.833. The Labute approximate surface area is 129 Å². The number of carbonyl (C=O) groups is 1. The van der Waals surface area contributed by atoms with Gasteiger partial charge in [0.2, 0.25) is 0 Å². The number of hydrogen-bond donors (Lipinski definition) is 0. The maximum Gasteiger partial charge on any atom is 0.508 e. The van der Waals surface area contributed by atoms with Crippen LogP contribution in [0.5, 0.6) is 0 Å². The third-order valence-electron chi connectivity index (χ3n) is 5.30. The summed E-state index contributed by atoms with van der Waals surface area (Å²) in [7, 11) is 1.37. The van der Waals surface area contributed by atoms with E-state index in [4.69, 9.17) is 4.74 Å². The van der Waals surface area contributed by atoms with Crippen LogP contribution in [0.2, 0.25) is 0 Å². The predicted octanol–water partition coefficient (Wildman–Crippen LogP) is 5.24. The highest BCUT2D eigenvalue weighted by atomic mass is 16.7. The fourth-order valence-corrected chi connectivity index (χ4v) is 3.90. The second kappa shape index (κ2) is 7.33. The summed E-state index contributed by atoms with van der Waals surface area (Å²) in [5.74, 6) is 1.74. The molecule has 0 N–H and O–H groups in total. The lowest BCUT2D eigenvalue weighted by molar-refractivity contribution is -0.0232. The first-order chi connectivity index (χ1) is 10.1. The Bertz CT molecular complexity index is 380. The highest BCUT2D eigenvalue weighted by Crippen LogP contribution is 2.41. The summed E-state index contributed by atoms with van der Waals surface area (Å²) in [6, 6.07) is 0. The number of allylic oxidation sites excluding steroid dienone is 1. The molecular weight excluding hydrogens is 264 g/mol. The largest absolute Gasteiger partial charge is 0.508 e. The third-order valence-corrected chi connectivity index (χ3v) is 5.30. The Morgan fingerprint density at radius 3 is 2.57 bits per heavy atom. The van der Waals surface area contributed by atoms with Gasteiger partial charge in [-0.15, -0.1) is 0 Å². The van der Waals surface area contributed by atoms with Crippen molar-refractivity contribution in [2.75, 3.05) is 7.11 Å². The maximum absolute atomic E-state index is 11.3. The molecule has 0 amide bonds. The van der Waals surface area contributed by atoms with Gasteiger partial charge in [-0.2, -0.15) is 0 Å². The molecule has 2 aliphatic rings. The third kappa shape index (κ3) is 4.49. The summed E-state index contributed by atoms with van der Waals surface area (Å²) >= 11 is 0. The van der Waals surface area contributed by atoms with Crippen LogP contribution in [0.1, 0.15) is 71.6 Å². The molecule has 0 spiro atoms. The Kier molecular flexibility index (Phi) is 5.72. The van der Waals surface area contributed by atoms with Crippen molar-refractivity contribution in [2.24, 2.45) is 11.8 Å². The number of rotatable bonds is 4. The zero-order valence-electron chi connectivity index (χ0n) is 13.8. The molecule has 1 atom stereocenters. The molecule has 0 saturated heterocycles. The number of ether oxygens (including phenoxy) is 2. The van der Waals surface area contributed by atoms with Crippen LogP contribution < -0.4 is 0 Å². The molecule has 2 rings (SSSR count). The highest BCUT2D eigenvalue weighted by molar-refractivity contribution is 5.60. The van der Waals surface area contributed by atoms with Crippen LogP contribution >= 0.6 is 0 Å². The van der Waals surface area contributed by atoms with E-state index in [1.807, 2.05) is 6.92 Å². The number of hydrogen-bond acceptors (Lipinski definition) is 3. The highest BCUT2D eigenvalue weighted by Gasteiger charge is 2.33. The summed E-state index contributed by atoms with van der Waals surface area (Å²) in [6.07, 6.45) is 12.8. The maximum atomic E-state index is 11.3. The summed E-state index contributed by atoms with van der Waals surface area (Å²) in [5.41, 5.74) is 1.23. The van der Waals surface area contributed by atoms with Crippen molar-refractivity contribution in [3.63, 3.8) is 0 Å². The van der Waals surface area contributed by atoms with Gasteiger partial charge in [0, 0.05) is 6.42 Å². The van der Waals surface area contributed by atoms with Gasteiger partial charge >= 0.3 is 6.16 Å². The van der Waals surface area contributed by atoms with Crippen LogP contribution in [0.25, 0.3) is 0 Å². The summed E-state index contributed by atoms with van der Waals surface area (Å²) in [5, 5.41) is 0. The molecule has 0 aromatic rings. The van der Waals surface area contributed by atoms with E-state index in [-0.39, 0.29) is 5.60 Å². The van der Waals surface area contributed by atoms with Gasteiger partial charge in [0.25, 0.3) is 0 Å². The monoisotopic (exact) mass is 294 g/mol. The summed E-state index contributed by atoms with van der Waals surface area (Å²) < 4.78 is 10.0. The van der Waals surface area contributed by atoms with Gasteiger partial charge in [-0.05, 0) is 57.3 Å². The smallest absolute Gasteiger partial charge is 0.438 e. The zero-order valence-corrected chi connectivity index (χ0v) is 13.8. The van der Waals surface area contributed by atoms with Gasteiger partial charge < -0.3 is 9.47 Å². The molecule has 2 aliphatic carbocycles. The second-order valence-corrected chi connectivity index (χ2v) is 7.00. The topological polar surface area (TPSA) is 35.5 Å². The predicted molar refractivity (Wildman–Crippen MR) is 84.2 cm³/mol. The Morgan fingerprint density at radius 1 is 1.33 bits per heavy atom.